The maximum Gasteiger partial charge on any atom is 0.406 e. The Bertz CT molecular complexity index is 767. The highest BCUT2D eigenvalue weighted by molar-refractivity contribution is 5.89. The second-order valence-electron chi connectivity index (χ2n) is 6.21. The van der Waals surface area contributed by atoms with Crippen LogP contribution in [0.15, 0.2) is 34.7 Å². The highest BCUT2D eigenvalue weighted by atomic mass is 19.4. The maximum atomic E-state index is 12.4. The van der Waals surface area contributed by atoms with Gasteiger partial charge in [0.2, 0.25) is 11.8 Å². The van der Waals surface area contributed by atoms with Crippen LogP contribution in [0.1, 0.15) is 25.1 Å². The van der Waals surface area contributed by atoms with Gasteiger partial charge in [-0.2, -0.15) is 13.2 Å². The number of carbonyl (C=O) groups excluding carboxylic acids is 2. The average molecular weight is 354 g/mol. The molecule has 2 amide bonds. The van der Waals surface area contributed by atoms with Crippen molar-refractivity contribution in [2.45, 2.75) is 25.6 Å². The molecule has 0 saturated carbocycles. The van der Waals surface area contributed by atoms with Crippen LogP contribution in [0.3, 0.4) is 0 Å². The summed E-state index contributed by atoms with van der Waals surface area (Å²) < 4.78 is 43.0. The maximum absolute atomic E-state index is 12.4. The first-order chi connectivity index (χ1) is 11.7. The molecule has 3 rings (SSSR count). The molecular formula is C17H17F3N2O3. The Kier molecular flexibility index (Phi) is 4.45. The van der Waals surface area contributed by atoms with Crippen LogP contribution in [0.2, 0.25) is 0 Å². The van der Waals surface area contributed by atoms with Gasteiger partial charge in [-0.3, -0.25) is 9.59 Å². The van der Waals surface area contributed by atoms with Crippen molar-refractivity contribution in [2.24, 2.45) is 5.92 Å². The number of amides is 2. The van der Waals surface area contributed by atoms with Gasteiger partial charge in [0, 0.05) is 18.4 Å². The zero-order valence-electron chi connectivity index (χ0n) is 13.5. The van der Waals surface area contributed by atoms with Crippen molar-refractivity contribution in [1.82, 2.24) is 10.2 Å². The van der Waals surface area contributed by atoms with E-state index in [1.54, 1.807) is 19.1 Å². The van der Waals surface area contributed by atoms with E-state index in [9.17, 15) is 22.8 Å². The Hall–Kier alpha value is -2.51. The lowest BCUT2D eigenvalue weighted by Gasteiger charge is -2.19. The van der Waals surface area contributed by atoms with E-state index in [4.69, 9.17) is 4.42 Å². The van der Waals surface area contributed by atoms with Gasteiger partial charge in [0.15, 0.2) is 0 Å². The molecule has 5 nitrogen and oxygen atoms in total. The van der Waals surface area contributed by atoms with Gasteiger partial charge in [-0.25, -0.2) is 0 Å². The number of hydrogen-bond acceptors (Lipinski definition) is 3. The van der Waals surface area contributed by atoms with Gasteiger partial charge in [-0.1, -0.05) is 18.2 Å². The summed E-state index contributed by atoms with van der Waals surface area (Å²) >= 11 is 0. The number of furan rings is 1. The number of rotatable bonds is 4. The monoisotopic (exact) mass is 354 g/mol. The van der Waals surface area contributed by atoms with Crippen LogP contribution >= 0.6 is 0 Å². The molecule has 1 aliphatic rings. The third-order valence-electron chi connectivity index (χ3n) is 4.19. The molecule has 2 aromatic rings. The molecular weight excluding hydrogens is 337 g/mol. The van der Waals surface area contributed by atoms with E-state index in [1.165, 1.54) is 0 Å². The van der Waals surface area contributed by atoms with Crippen molar-refractivity contribution < 1.29 is 27.2 Å². The molecule has 0 unspecified atom stereocenters. The lowest BCUT2D eigenvalue weighted by atomic mass is 10.1. The fraction of sp³-hybridized carbons (Fsp3) is 0.412. The number of likely N-dealkylation sites (tertiary alicyclic amines) is 1. The largest absolute Gasteiger partial charge is 0.459 e. The molecule has 1 aliphatic heterocycles. The van der Waals surface area contributed by atoms with Crippen LogP contribution in [0.4, 0.5) is 13.2 Å². The molecule has 1 saturated heterocycles. The van der Waals surface area contributed by atoms with Gasteiger partial charge < -0.3 is 14.6 Å². The van der Waals surface area contributed by atoms with Crippen LogP contribution < -0.4 is 5.32 Å². The number of carbonyl (C=O) groups is 2. The number of hydrogen-bond donors (Lipinski definition) is 1. The number of nitrogens with zero attached hydrogens (tertiary/aromatic N) is 1. The van der Waals surface area contributed by atoms with Crippen molar-refractivity contribution in [3.05, 3.63) is 36.1 Å². The van der Waals surface area contributed by atoms with Gasteiger partial charge in [0.25, 0.3) is 0 Å². The second-order valence-corrected chi connectivity index (χ2v) is 6.21. The normalized spacial score (nSPS) is 19.4. The summed E-state index contributed by atoms with van der Waals surface area (Å²) in [5.41, 5.74) is 0.686. The standard InChI is InChI=1S/C17H17F3N2O3/c1-10(14-6-11-4-2-3-5-13(11)25-14)21-16(24)12-7-15(23)22(8-12)9-17(18,19)20/h2-6,10,12H,7-9H2,1H3,(H,21,24)/t10-,12+/m0/s1. The van der Waals surface area contributed by atoms with E-state index in [0.29, 0.717) is 16.2 Å². The lowest BCUT2D eigenvalue weighted by molar-refractivity contribution is -0.157. The third kappa shape index (κ3) is 3.94. The summed E-state index contributed by atoms with van der Waals surface area (Å²) in [7, 11) is 0. The summed E-state index contributed by atoms with van der Waals surface area (Å²) in [6.07, 6.45) is -4.68. The van der Waals surface area contributed by atoms with Crippen molar-refractivity contribution >= 4 is 22.8 Å². The first-order valence-corrected chi connectivity index (χ1v) is 7.86. The predicted molar refractivity (Wildman–Crippen MR) is 83.5 cm³/mol. The van der Waals surface area contributed by atoms with Crippen molar-refractivity contribution in [1.29, 1.82) is 0 Å². The molecule has 1 fully saturated rings. The minimum Gasteiger partial charge on any atom is -0.459 e. The number of fused-ring (bicyclic) bond motifs is 1. The topological polar surface area (TPSA) is 62.6 Å². The fourth-order valence-electron chi connectivity index (χ4n) is 2.94. The third-order valence-corrected chi connectivity index (χ3v) is 4.19. The molecule has 25 heavy (non-hydrogen) atoms. The first-order valence-electron chi connectivity index (χ1n) is 7.86. The Morgan fingerprint density at radius 3 is 2.80 bits per heavy atom. The van der Waals surface area contributed by atoms with Crippen molar-refractivity contribution in [3.8, 4) is 0 Å². The molecule has 1 aromatic heterocycles. The Morgan fingerprint density at radius 2 is 2.12 bits per heavy atom. The molecule has 0 aliphatic carbocycles. The molecule has 134 valence electrons. The number of nitrogens with one attached hydrogen (secondary N) is 1. The zero-order chi connectivity index (χ0) is 18.2. The summed E-state index contributed by atoms with van der Waals surface area (Å²) in [5.74, 6) is -1.35. The highest BCUT2D eigenvalue weighted by Gasteiger charge is 2.40. The van der Waals surface area contributed by atoms with Crippen molar-refractivity contribution in [2.75, 3.05) is 13.1 Å². The van der Waals surface area contributed by atoms with Crippen LogP contribution in [0.5, 0.6) is 0 Å². The minimum atomic E-state index is -4.47. The Morgan fingerprint density at radius 1 is 1.40 bits per heavy atom. The van der Waals surface area contributed by atoms with Gasteiger partial charge in [-0.05, 0) is 19.1 Å². The van der Waals surface area contributed by atoms with Crippen LogP contribution in [-0.2, 0) is 9.59 Å². The first kappa shape index (κ1) is 17.3. The summed E-state index contributed by atoms with van der Waals surface area (Å²) in [6.45, 7) is 0.172. The highest BCUT2D eigenvalue weighted by Crippen LogP contribution is 2.26. The van der Waals surface area contributed by atoms with E-state index in [1.807, 2.05) is 18.2 Å². The summed E-state index contributed by atoms with van der Waals surface area (Å²) in [6, 6.07) is 8.73. The minimum absolute atomic E-state index is 0.214. The van der Waals surface area contributed by atoms with E-state index in [0.717, 1.165) is 5.39 Å². The molecule has 8 heteroatoms. The lowest BCUT2D eigenvalue weighted by Crippen LogP contribution is -2.37. The van der Waals surface area contributed by atoms with Gasteiger partial charge in [-0.15, -0.1) is 0 Å². The molecule has 1 N–H and O–H groups in total. The molecule has 2 heterocycles. The van der Waals surface area contributed by atoms with Gasteiger partial charge in [0.05, 0.1) is 12.0 Å². The smallest absolute Gasteiger partial charge is 0.406 e. The SMILES string of the molecule is C[C@H](NC(=O)[C@@H]1CC(=O)N(CC(F)(F)F)C1)c1cc2ccccc2o1. The van der Waals surface area contributed by atoms with Gasteiger partial charge >= 0.3 is 6.18 Å². The van der Waals surface area contributed by atoms with E-state index >= 15 is 0 Å². The van der Waals surface area contributed by atoms with Crippen molar-refractivity contribution in [3.63, 3.8) is 0 Å². The molecule has 0 radical (unpaired) electrons. The fourth-order valence-corrected chi connectivity index (χ4v) is 2.94. The Labute approximate surface area is 141 Å². The van der Waals surface area contributed by atoms with E-state index in [2.05, 4.69) is 5.32 Å². The molecule has 2 atom stereocenters. The van der Waals surface area contributed by atoms with Gasteiger partial charge in [0.1, 0.15) is 17.9 Å². The number of benzene rings is 1. The number of halogens is 3. The molecule has 0 spiro atoms. The molecule has 1 aromatic carbocycles. The molecule has 0 bridgehead atoms. The predicted octanol–water partition coefficient (Wildman–Crippen LogP) is 3.02. The van der Waals surface area contributed by atoms with E-state index in [-0.39, 0.29) is 13.0 Å². The summed E-state index contributed by atoms with van der Waals surface area (Å²) in [4.78, 5) is 24.6. The van der Waals surface area contributed by atoms with Crippen LogP contribution in [-0.4, -0.2) is 36.0 Å². The number of alkyl halides is 3. The average Bonchev–Trinajstić information content (AvgIpc) is 3.10. The summed E-state index contributed by atoms with van der Waals surface area (Å²) in [5, 5.41) is 3.60. The van der Waals surface area contributed by atoms with Crippen LogP contribution in [0.25, 0.3) is 11.0 Å². The Balaban J connectivity index is 1.63. The second kappa shape index (κ2) is 6.42. The zero-order valence-corrected chi connectivity index (χ0v) is 13.5. The quantitative estimate of drug-likeness (QED) is 0.918. The number of para-hydroxylation sites is 1. The van der Waals surface area contributed by atoms with Crippen LogP contribution in [0, 0.1) is 5.92 Å². The van der Waals surface area contributed by atoms with E-state index < -0.39 is 36.5 Å².